The standard InChI is InChI=1S/C14H21NO5S/c1-2-20-14(17)8-9-21(18,19)15-13(11-16)10-12-6-4-3-5-7-12/h3-7,13,15-16H,2,8-11H2,1H3. The number of esters is 1. The molecule has 0 bridgehead atoms. The molecule has 1 atom stereocenters. The molecule has 0 aliphatic heterocycles. The van der Waals surface area contributed by atoms with Crippen LogP contribution in [0.2, 0.25) is 0 Å². The second kappa shape index (κ2) is 8.76. The van der Waals surface area contributed by atoms with Crippen molar-refractivity contribution in [3.05, 3.63) is 35.9 Å². The van der Waals surface area contributed by atoms with Crippen LogP contribution in [0.4, 0.5) is 0 Å². The second-order valence-electron chi connectivity index (χ2n) is 4.56. The first-order chi connectivity index (χ1) is 9.96. The summed E-state index contributed by atoms with van der Waals surface area (Å²) < 4.78 is 30.8. The van der Waals surface area contributed by atoms with E-state index in [1.807, 2.05) is 30.3 Å². The second-order valence-corrected chi connectivity index (χ2v) is 6.43. The number of carbonyl (C=O) groups excluding carboxylic acids is 1. The van der Waals surface area contributed by atoms with Gasteiger partial charge in [0.15, 0.2) is 0 Å². The van der Waals surface area contributed by atoms with Gasteiger partial charge >= 0.3 is 5.97 Å². The van der Waals surface area contributed by atoms with Crippen molar-refractivity contribution in [2.75, 3.05) is 19.0 Å². The summed E-state index contributed by atoms with van der Waals surface area (Å²) in [6, 6.07) is 8.66. The Morgan fingerprint density at radius 2 is 2.00 bits per heavy atom. The average molecular weight is 315 g/mol. The van der Waals surface area contributed by atoms with Gasteiger partial charge in [-0.25, -0.2) is 13.1 Å². The van der Waals surface area contributed by atoms with Crippen LogP contribution in [-0.2, 0) is 26.0 Å². The number of aliphatic hydroxyl groups is 1. The van der Waals surface area contributed by atoms with E-state index in [1.54, 1.807) is 6.92 Å². The van der Waals surface area contributed by atoms with Gasteiger partial charge in [0, 0.05) is 6.04 Å². The molecule has 118 valence electrons. The maximum Gasteiger partial charge on any atom is 0.306 e. The van der Waals surface area contributed by atoms with E-state index in [2.05, 4.69) is 9.46 Å². The van der Waals surface area contributed by atoms with Crippen molar-refractivity contribution in [1.29, 1.82) is 0 Å². The fourth-order valence-electron chi connectivity index (χ4n) is 1.81. The topological polar surface area (TPSA) is 92.7 Å². The summed E-state index contributed by atoms with van der Waals surface area (Å²) >= 11 is 0. The number of sulfonamides is 1. The Morgan fingerprint density at radius 1 is 1.33 bits per heavy atom. The maximum atomic E-state index is 11.9. The summed E-state index contributed by atoms with van der Waals surface area (Å²) in [6.45, 7) is 1.57. The Hall–Kier alpha value is -1.44. The minimum atomic E-state index is -3.64. The van der Waals surface area contributed by atoms with E-state index in [4.69, 9.17) is 0 Å². The Bertz CT molecular complexity index is 530. The van der Waals surface area contributed by atoms with Gasteiger partial charge in [0.05, 0.1) is 25.4 Å². The molecule has 0 radical (unpaired) electrons. The molecule has 0 fully saturated rings. The molecule has 0 aromatic heterocycles. The van der Waals surface area contributed by atoms with Crippen LogP contribution in [0.5, 0.6) is 0 Å². The predicted molar refractivity (Wildman–Crippen MR) is 79.2 cm³/mol. The lowest BCUT2D eigenvalue weighted by Crippen LogP contribution is -2.40. The van der Waals surface area contributed by atoms with Crippen LogP contribution < -0.4 is 4.72 Å². The van der Waals surface area contributed by atoms with Gasteiger partial charge in [0.25, 0.3) is 0 Å². The van der Waals surface area contributed by atoms with Crippen LogP contribution >= 0.6 is 0 Å². The molecular formula is C14H21NO5S. The van der Waals surface area contributed by atoms with Crippen molar-refractivity contribution in [2.45, 2.75) is 25.8 Å². The molecule has 2 N–H and O–H groups in total. The van der Waals surface area contributed by atoms with Crippen molar-refractivity contribution in [3.8, 4) is 0 Å². The normalized spacial score (nSPS) is 12.9. The Kier molecular flexibility index (Phi) is 7.35. The molecule has 0 amide bonds. The summed E-state index contributed by atoms with van der Waals surface area (Å²) in [7, 11) is -3.64. The molecule has 0 saturated carbocycles. The smallest absolute Gasteiger partial charge is 0.306 e. The maximum absolute atomic E-state index is 11.9. The summed E-state index contributed by atoms with van der Waals surface area (Å²) in [4.78, 5) is 11.2. The quantitative estimate of drug-likeness (QED) is 0.646. The van der Waals surface area contributed by atoms with E-state index in [9.17, 15) is 18.3 Å². The molecule has 0 aliphatic carbocycles. The van der Waals surface area contributed by atoms with E-state index in [0.29, 0.717) is 6.42 Å². The fraction of sp³-hybridized carbons (Fsp3) is 0.500. The minimum Gasteiger partial charge on any atom is -0.466 e. The summed E-state index contributed by atoms with van der Waals surface area (Å²) in [5.74, 6) is -0.900. The van der Waals surface area contributed by atoms with Gasteiger partial charge in [-0.15, -0.1) is 0 Å². The highest BCUT2D eigenvalue weighted by atomic mass is 32.2. The molecule has 1 rings (SSSR count). The lowest BCUT2D eigenvalue weighted by Gasteiger charge is -2.16. The first-order valence-corrected chi connectivity index (χ1v) is 8.42. The Balaban J connectivity index is 2.53. The molecule has 0 spiro atoms. The van der Waals surface area contributed by atoms with E-state index in [0.717, 1.165) is 5.56 Å². The van der Waals surface area contributed by atoms with Gasteiger partial charge in [0.1, 0.15) is 0 Å². The summed E-state index contributed by atoms with van der Waals surface area (Å²) in [6.07, 6.45) is 0.183. The van der Waals surface area contributed by atoms with Crippen LogP contribution in [0.3, 0.4) is 0 Å². The van der Waals surface area contributed by atoms with Gasteiger partial charge < -0.3 is 9.84 Å². The van der Waals surface area contributed by atoms with Gasteiger partial charge in [-0.1, -0.05) is 30.3 Å². The molecule has 21 heavy (non-hydrogen) atoms. The van der Waals surface area contributed by atoms with Crippen LogP contribution in [0, 0.1) is 0 Å². The molecule has 1 aromatic rings. The van der Waals surface area contributed by atoms with Gasteiger partial charge in [-0.2, -0.15) is 0 Å². The zero-order chi connectivity index (χ0) is 15.7. The predicted octanol–water partition coefficient (Wildman–Crippen LogP) is 0.463. The van der Waals surface area contributed by atoms with E-state index < -0.39 is 22.0 Å². The largest absolute Gasteiger partial charge is 0.466 e. The number of aliphatic hydroxyl groups excluding tert-OH is 1. The Morgan fingerprint density at radius 3 is 2.57 bits per heavy atom. The number of hydrogen-bond acceptors (Lipinski definition) is 5. The van der Waals surface area contributed by atoms with Crippen LogP contribution in [0.1, 0.15) is 18.9 Å². The molecule has 1 unspecified atom stereocenters. The number of benzene rings is 1. The first kappa shape index (κ1) is 17.6. The Labute approximate surface area is 125 Å². The lowest BCUT2D eigenvalue weighted by atomic mass is 10.1. The number of rotatable bonds is 9. The fourth-order valence-corrected chi connectivity index (χ4v) is 3.02. The van der Waals surface area contributed by atoms with Gasteiger partial charge in [0.2, 0.25) is 10.0 Å². The van der Waals surface area contributed by atoms with Crippen molar-refractivity contribution in [1.82, 2.24) is 4.72 Å². The average Bonchev–Trinajstić information content (AvgIpc) is 2.46. The lowest BCUT2D eigenvalue weighted by molar-refractivity contribution is -0.142. The number of nitrogens with one attached hydrogen (secondary N) is 1. The summed E-state index contributed by atoms with van der Waals surface area (Å²) in [5, 5.41) is 9.29. The zero-order valence-corrected chi connectivity index (χ0v) is 12.8. The monoisotopic (exact) mass is 315 g/mol. The van der Waals surface area contributed by atoms with Crippen LogP contribution in [-0.4, -0.2) is 44.5 Å². The molecule has 1 aromatic carbocycles. The third kappa shape index (κ3) is 7.22. The number of hydrogen-bond donors (Lipinski definition) is 2. The molecule has 0 aliphatic rings. The van der Waals surface area contributed by atoms with Crippen LogP contribution in [0.25, 0.3) is 0 Å². The highest BCUT2D eigenvalue weighted by Gasteiger charge is 2.19. The minimum absolute atomic E-state index is 0.202. The third-order valence-corrected chi connectivity index (χ3v) is 4.21. The molecular weight excluding hydrogens is 294 g/mol. The first-order valence-electron chi connectivity index (χ1n) is 6.77. The van der Waals surface area contributed by atoms with E-state index in [-0.39, 0.29) is 25.4 Å². The molecule has 0 heterocycles. The third-order valence-electron chi connectivity index (χ3n) is 2.77. The van der Waals surface area contributed by atoms with Gasteiger partial charge in [-0.05, 0) is 18.9 Å². The zero-order valence-electron chi connectivity index (χ0n) is 12.0. The van der Waals surface area contributed by atoms with Crippen molar-refractivity contribution in [3.63, 3.8) is 0 Å². The van der Waals surface area contributed by atoms with E-state index in [1.165, 1.54) is 0 Å². The highest BCUT2D eigenvalue weighted by Crippen LogP contribution is 2.04. The molecule has 6 nitrogen and oxygen atoms in total. The van der Waals surface area contributed by atoms with Crippen molar-refractivity contribution in [2.24, 2.45) is 0 Å². The van der Waals surface area contributed by atoms with E-state index >= 15 is 0 Å². The van der Waals surface area contributed by atoms with Crippen molar-refractivity contribution < 1.29 is 23.1 Å². The van der Waals surface area contributed by atoms with Crippen LogP contribution in [0.15, 0.2) is 30.3 Å². The SMILES string of the molecule is CCOC(=O)CCS(=O)(=O)NC(CO)Cc1ccccc1. The molecule has 0 saturated heterocycles. The highest BCUT2D eigenvalue weighted by molar-refractivity contribution is 7.89. The number of carbonyl (C=O) groups is 1. The summed E-state index contributed by atoms with van der Waals surface area (Å²) in [5.41, 5.74) is 0.921. The van der Waals surface area contributed by atoms with Crippen molar-refractivity contribution >= 4 is 16.0 Å². The number of ether oxygens (including phenoxy) is 1. The molecule has 7 heteroatoms. The van der Waals surface area contributed by atoms with Gasteiger partial charge in [-0.3, -0.25) is 4.79 Å².